The fraction of sp³-hybridized carbons (Fsp3) is 0.714. The van der Waals surface area contributed by atoms with Crippen LogP contribution in [-0.2, 0) is 4.74 Å². The molecule has 2 amide bonds. The third-order valence-corrected chi connectivity index (χ3v) is 5.38. The van der Waals surface area contributed by atoms with Gasteiger partial charge in [-0.05, 0) is 38.0 Å². The Labute approximate surface area is 122 Å². The van der Waals surface area contributed by atoms with Gasteiger partial charge in [0.1, 0.15) is 5.01 Å². The molecule has 1 aromatic rings. The minimum absolute atomic E-state index is 0.0711. The molecule has 108 valence electrons. The van der Waals surface area contributed by atoms with E-state index >= 15 is 0 Å². The summed E-state index contributed by atoms with van der Waals surface area (Å²) in [5.41, 5.74) is 0. The molecule has 1 aromatic heterocycles. The van der Waals surface area contributed by atoms with Gasteiger partial charge in [-0.25, -0.2) is 9.78 Å². The molecule has 1 saturated carbocycles. The van der Waals surface area contributed by atoms with Crippen molar-refractivity contribution >= 4 is 17.4 Å². The van der Waals surface area contributed by atoms with Crippen molar-refractivity contribution in [2.24, 2.45) is 5.92 Å². The second-order valence-electron chi connectivity index (χ2n) is 6.02. The van der Waals surface area contributed by atoms with Gasteiger partial charge in [-0.3, -0.25) is 0 Å². The van der Waals surface area contributed by atoms with Crippen molar-refractivity contribution in [1.82, 2.24) is 15.6 Å². The van der Waals surface area contributed by atoms with Crippen molar-refractivity contribution in [3.8, 4) is 0 Å². The van der Waals surface area contributed by atoms with E-state index in [1.807, 2.05) is 5.38 Å². The van der Waals surface area contributed by atoms with Crippen molar-refractivity contribution in [1.29, 1.82) is 0 Å². The van der Waals surface area contributed by atoms with E-state index < -0.39 is 0 Å². The molecule has 3 heterocycles. The van der Waals surface area contributed by atoms with Crippen LogP contribution >= 0.6 is 11.3 Å². The molecule has 2 saturated heterocycles. The topological polar surface area (TPSA) is 63.2 Å². The number of thiazole rings is 1. The third kappa shape index (κ3) is 2.42. The number of carbonyl (C=O) groups is 1. The van der Waals surface area contributed by atoms with E-state index in [0.29, 0.717) is 12.0 Å². The summed E-state index contributed by atoms with van der Waals surface area (Å²) in [6.07, 6.45) is 7.95. The molecule has 1 aliphatic carbocycles. The molecule has 6 heteroatoms. The Hall–Kier alpha value is -1.14. The number of aromatic nitrogens is 1. The van der Waals surface area contributed by atoms with Crippen LogP contribution in [0.25, 0.3) is 0 Å². The lowest BCUT2D eigenvalue weighted by molar-refractivity contribution is 0.0980. The highest BCUT2D eigenvalue weighted by molar-refractivity contribution is 7.09. The lowest BCUT2D eigenvalue weighted by Crippen LogP contribution is -2.47. The fourth-order valence-corrected chi connectivity index (χ4v) is 4.12. The molecule has 3 fully saturated rings. The van der Waals surface area contributed by atoms with Gasteiger partial charge in [-0.15, -0.1) is 11.3 Å². The van der Waals surface area contributed by atoms with Gasteiger partial charge in [0.2, 0.25) is 0 Å². The van der Waals surface area contributed by atoms with Gasteiger partial charge in [-0.2, -0.15) is 0 Å². The van der Waals surface area contributed by atoms with E-state index in [1.165, 1.54) is 12.8 Å². The zero-order valence-electron chi connectivity index (χ0n) is 11.2. The van der Waals surface area contributed by atoms with Crippen molar-refractivity contribution in [3.63, 3.8) is 0 Å². The van der Waals surface area contributed by atoms with E-state index in [9.17, 15) is 4.79 Å². The van der Waals surface area contributed by atoms with Crippen molar-refractivity contribution < 1.29 is 9.53 Å². The van der Waals surface area contributed by atoms with Crippen molar-refractivity contribution in [2.75, 3.05) is 0 Å². The highest BCUT2D eigenvalue weighted by atomic mass is 32.1. The minimum atomic E-state index is -0.0711. The number of fused-ring (bicyclic) bond motifs is 2. The van der Waals surface area contributed by atoms with Crippen LogP contribution in [0, 0.1) is 5.92 Å². The minimum Gasteiger partial charge on any atom is -0.373 e. The zero-order chi connectivity index (χ0) is 13.5. The van der Waals surface area contributed by atoms with Crippen LogP contribution in [0.2, 0.25) is 0 Å². The van der Waals surface area contributed by atoms with Gasteiger partial charge in [0.15, 0.2) is 0 Å². The number of rotatable bonds is 4. The Morgan fingerprint density at radius 3 is 2.90 bits per heavy atom. The summed E-state index contributed by atoms with van der Waals surface area (Å²) in [6.45, 7) is 0. The maximum atomic E-state index is 12.2. The number of urea groups is 1. The van der Waals surface area contributed by atoms with Gasteiger partial charge < -0.3 is 15.4 Å². The lowest BCUT2D eigenvalue weighted by Gasteiger charge is -2.22. The number of ether oxygens (including phenoxy) is 1. The van der Waals surface area contributed by atoms with Crippen LogP contribution in [0.4, 0.5) is 4.79 Å². The molecule has 2 N–H and O–H groups in total. The average Bonchev–Trinajstić information content (AvgIpc) is 2.88. The van der Waals surface area contributed by atoms with Gasteiger partial charge in [0, 0.05) is 11.6 Å². The van der Waals surface area contributed by atoms with Crippen molar-refractivity contribution in [3.05, 3.63) is 16.6 Å². The van der Waals surface area contributed by atoms with Crippen molar-refractivity contribution in [2.45, 2.75) is 56.4 Å². The molecule has 3 aliphatic rings. The van der Waals surface area contributed by atoms with Crippen LogP contribution in [0.15, 0.2) is 11.6 Å². The quantitative estimate of drug-likeness (QED) is 0.894. The molecular formula is C14H19N3O2S. The second kappa shape index (κ2) is 5.00. The van der Waals surface area contributed by atoms with Crippen LogP contribution in [0.3, 0.4) is 0 Å². The Balaban J connectivity index is 1.36. The summed E-state index contributed by atoms with van der Waals surface area (Å²) in [5.74, 6) is 0.558. The first kappa shape index (κ1) is 12.6. The summed E-state index contributed by atoms with van der Waals surface area (Å²) in [4.78, 5) is 16.6. The SMILES string of the molecule is O=C(N[C@H](c1nccs1)C1CC1)N[C@H]1C[C@H]2CC[C@H]1O2. The smallest absolute Gasteiger partial charge is 0.315 e. The van der Waals surface area contributed by atoms with Gasteiger partial charge in [0.25, 0.3) is 0 Å². The molecule has 20 heavy (non-hydrogen) atoms. The van der Waals surface area contributed by atoms with E-state index in [0.717, 1.165) is 24.3 Å². The molecule has 5 nitrogen and oxygen atoms in total. The zero-order valence-corrected chi connectivity index (χ0v) is 12.1. The molecule has 0 spiro atoms. The Morgan fingerprint density at radius 1 is 1.40 bits per heavy atom. The van der Waals surface area contributed by atoms with Crippen LogP contribution in [0.5, 0.6) is 0 Å². The molecule has 2 aliphatic heterocycles. The summed E-state index contributed by atoms with van der Waals surface area (Å²) in [5, 5.41) is 9.18. The number of nitrogens with one attached hydrogen (secondary N) is 2. The first-order valence-corrected chi connectivity index (χ1v) is 8.29. The Kier molecular flexibility index (Phi) is 3.15. The number of hydrogen-bond donors (Lipinski definition) is 2. The largest absolute Gasteiger partial charge is 0.373 e. The normalized spacial score (nSPS) is 33.1. The monoisotopic (exact) mass is 293 g/mol. The highest BCUT2D eigenvalue weighted by Gasteiger charge is 2.42. The average molecular weight is 293 g/mol. The maximum absolute atomic E-state index is 12.2. The summed E-state index contributed by atoms with van der Waals surface area (Å²) in [6, 6.07) is 0.192. The molecule has 0 radical (unpaired) electrons. The lowest BCUT2D eigenvalue weighted by atomic mass is 9.96. The van der Waals surface area contributed by atoms with E-state index in [2.05, 4.69) is 15.6 Å². The maximum Gasteiger partial charge on any atom is 0.315 e. The van der Waals surface area contributed by atoms with Crippen LogP contribution in [0.1, 0.15) is 43.2 Å². The summed E-state index contributed by atoms with van der Waals surface area (Å²) < 4.78 is 5.77. The van der Waals surface area contributed by atoms with Gasteiger partial charge >= 0.3 is 6.03 Å². The number of amides is 2. The third-order valence-electron chi connectivity index (χ3n) is 4.52. The summed E-state index contributed by atoms with van der Waals surface area (Å²) in [7, 11) is 0. The summed E-state index contributed by atoms with van der Waals surface area (Å²) >= 11 is 1.62. The molecule has 4 atom stereocenters. The molecule has 0 unspecified atom stereocenters. The highest BCUT2D eigenvalue weighted by Crippen LogP contribution is 2.41. The number of carbonyl (C=O) groups excluding carboxylic acids is 1. The van der Waals surface area contributed by atoms with E-state index in [4.69, 9.17) is 4.74 Å². The van der Waals surface area contributed by atoms with Crippen LogP contribution < -0.4 is 10.6 Å². The molecule has 0 aromatic carbocycles. The van der Waals surface area contributed by atoms with E-state index in [-0.39, 0.29) is 24.2 Å². The first-order valence-electron chi connectivity index (χ1n) is 7.41. The van der Waals surface area contributed by atoms with Crippen LogP contribution in [-0.4, -0.2) is 29.3 Å². The van der Waals surface area contributed by atoms with Gasteiger partial charge in [0.05, 0.1) is 24.3 Å². The molecule has 2 bridgehead atoms. The standard InChI is InChI=1S/C14H19N3O2S/c18-14(16-10-7-9-3-4-11(10)19-9)17-12(8-1-2-8)13-15-5-6-20-13/h5-6,8-12H,1-4,7H2,(H2,16,17,18)/t9-,10+,11-,12+/m1/s1. The molecular weight excluding hydrogens is 274 g/mol. The Morgan fingerprint density at radius 2 is 2.30 bits per heavy atom. The number of hydrogen-bond acceptors (Lipinski definition) is 4. The van der Waals surface area contributed by atoms with E-state index in [1.54, 1.807) is 17.5 Å². The molecule has 4 rings (SSSR count). The first-order chi connectivity index (χ1) is 9.79. The second-order valence-corrected chi connectivity index (χ2v) is 6.95. The van der Waals surface area contributed by atoms with Gasteiger partial charge in [-0.1, -0.05) is 0 Å². The fourth-order valence-electron chi connectivity index (χ4n) is 3.34. The predicted octanol–water partition coefficient (Wildman–Crippen LogP) is 2.21. The Bertz CT molecular complexity index is 489. The number of nitrogens with zero attached hydrogens (tertiary/aromatic N) is 1. The predicted molar refractivity (Wildman–Crippen MR) is 75.5 cm³/mol.